The van der Waals surface area contributed by atoms with E-state index in [1.165, 1.54) is 12.1 Å². The van der Waals surface area contributed by atoms with Crippen LogP contribution in [0.25, 0.3) is 10.9 Å². The molecule has 8 rings (SSSR count). The maximum absolute atomic E-state index is 14.0. The van der Waals surface area contributed by atoms with Crippen molar-refractivity contribution in [3.8, 4) is 11.5 Å². The standard InChI is InChI=1S/C43H51ClN4O7/c1-54-37-23-34(33(44)22-29(37)24-45-25-36(50)31-11-13-35(49)41-32(31)12-14-40(52)47-41)46-39(51)10-6-8-27-7-5-9-30(21-27)43(17-3-2-4-18-43)42(53)55-38-26-48-19-15-28(38)16-20-48/h5,7,9,11-14,21-23,28,36,38,45,49-50H,2-4,6,8,10,15-20,24-26H2,1H3,(H,46,51)(H,47,52)/t36?,38-/m0/s1. The number of ether oxygens (including phenoxy) is 2. The number of aromatic hydroxyl groups is 1. The number of aliphatic hydroxyl groups excluding tert-OH is 1. The molecule has 3 aliphatic heterocycles. The first-order chi connectivity index (χ1) is 26.6. The quantitative estimate of drug-likeness (QED) is 0.0903. The third-order valence-electron chi connectivity index (χ3n) is 11.9. The monoisotopic (exact) mass is 770 g/mol. The van der Waals surface area contributed by atoms with Gasteiger partial charge in [0.05, 0.1) is 34.9 Å². The van der Waals surface area contributed by atoms with Crippen molar-refractivity contribution in [1.29, 1.82) is 0 Å². The number of nitrogens with zero attached hydrogens (tertiary/aromatic N) is 1. The third-order valence-corrected chi connectivity index (χ3v) is 12.2. The Morgan fingerprint density at radius 1 is 1.05 bits per heavy atom. The van der Waals surface area contributed by atoms with E-state index in [-0.39, 0.29) is 47.8 Å². The lowest BCUT2D eigenvalue weighted by Gasteiger charge is -2.45. The molecule has 1 aromatic heterocycles. The van der Waals surface area contributed by atoms with Crippen molar-refractivity contribution in [2.24, 2.45) is 5.92 Å². The minimum absolute atomic E-state index is 0.00894. The molecule has 11 nitrogen and oxygen atoms in total. The summed E-state index contributed by atoms with van der Waals surface area (Å²) < 4.78 is 12.0. The number of nitrogens with one attached hydrogen (secondary N) is 3. The van der Waals surface area contributed by atoms with Gasteiger partial charge in [0.2, 0.25) is 11.5 Å². The first kappa shape index (κ1) is 38.8. The van der Waals surface area contributed by atoms with E-state index < -0.39 is 11.5 Å². The van der Waals surface area contributed by atoms with Crippen molar-refractivity contribution < 1.29 is 29.3 Å². The number of methoxy groups -OCH3 is 1. The van der Waals surface area contributed by atoms with Crippen molar-refractivity contribution in [2.75, 3.05) is 38.6 Å². The van der Waals surface area contributed by atoms with E-state index in [4.69, 9.17) is 21.1 Å². The fraction of sp³-hybridized carbons (Fsp3) is 0.465. The number of phenols is 1. The maximum Gasteiger partial charge on any atom is 0.316 e. The Kier molecular flexibility index (Phi) is 12.1. The van der Waals surface area contributed by atoms with Crippen LogP contribution in [0.3, 0.4) is 0 Å². The molecule has 4 heterocycles. The number of esters is 1. The number of piperidine rings is 3. The highest BCUT2D eigenvalue weighted by Gasteiger charge is 2.46. The van der Waals surface area contributed by atoms with E-state index in [0.717, 1.165) is 81.3 Å². The molecule has 1 saturated carbocycles. The minimum atomic E-state index is -0.929. The summed E-state index contributed by atoms with van der Waals surface area (Å²) in [5, 5.41) is 28.2. The summed E-state index contributed by atoms with van der Waals surface area (Å²) in [5.74, 6) is 0.697. The summed E-state index contributed by atoms with van der Waals surface area (Å²) >= 11 is 6.63. The number of hydrogen-bond acceptors (Lipinski definition) is 9. The van der Waals surface area contributed by atoms with E-state index in [1.807, 2.05) is 6.07 Å². The number of hydrogen-bond donors (Lipinski definition) is 5. The maximum atomic E-state index is 14.0. The molecule has 5 N–H and O–H groups in total. The number of aromatic amines is 1. The molecule has 0 radical (unpaired) electrons. The summed E-state index contributed by atoms with van der Waals surface area (Å²) in [6.45, 7) is 3.56. The van der Waals surface area contributed by atoms with Crippen LogP contribution in [0.5, 0.6) is 11.5 Å². The molecule has 2 atom stereocenters. The molecule has 1 amide bonds. The van der Waals surface area contributed by atoms with Crippen molar-refractivity contribution in [2.45, 2.75) is 88.4 Å². The Morgan fingerprint density at radius 2 is 1.85 bits per heavy atom. The van der Waals surface area contributed by atoms with Gasteiger partial charge in [0.25, 0.3) is 0 Å². The number of benzene rings is 3. The molecule has 55 heavy (non-hydrogen) atoms. The number of aromatic nitrogens is 1. The second kappa shape index (κ2) is 17.2. The zero-order chi connectivity index (χ0) is 38.5. The molecule has 0 spiro atoms. The van der Waals surface area contributed by atoms with E-state index in [0.29, 0.717) is 52.7 Å². The zero-order valence-electron chi connectivity index (χ0n) is 31.4. The Labute approximate surface area is 326 Å². The van der Waals surface area contributed by atoms with Crippen LogP contribution in [-0.4, -0.2) is 71.4 Å². The molecular formula is C43H51ClN4O7. The highest BCUT2D eigenvalue weighted by Crippen LogP contribution is 2.42. The van der Waals surface area contributed by atoms with Gasteiger partial charge in [0.1, 0.15) is 17.6 Å². The summed E-state index contributed by atoms with van der Waals surface area (Å²) in [7, 11) is 1.54. The minimum Gasteiger partial charge on any atom is -0.506 e. The molecule has 3 aromatic carbocycles. The molecule has 1 aliphatic carbocycles. The average molecular weight is 771 g/mol. The number of amides is 1. The van der Waals surface area contributed by atoms with Gasteiger partial charge < -0.3 is 35.3 Å². The summed E-state index contributed by atoms with van der Waals surface area (Å²) in [6.07, 6.45) is 7.65. The second-order valence-corrected chi connectivity index (χ2v) is 15.8. The smallest absolute Gasteiger partial charge is 0.316 e. The van der Waals surface area contributed by atoms with E-state index in [2.05, 4.69) is 38.7 Å². The predicted molar refractivity (Wildman–Crippen MR) is 213 cm³/mol. The highest BCUT2D eigenvalue weighted by molar-refractivity contribution is 6.33. The van der Waals surface area contributed by atoms with Gasteiger partial charge in [-0.25, -0.2) is 0 Å². The van der Waals surface area contributed by atoms with Gasteiger partial charge in [-0.05, 0) is 92.4 Å². The number of anilines is 1. The first-order valence-corrected chi connectivity index (χ1v) is 19.9. The predicted octanol–water partition coefficient (Wildman–Crippen LogP) is 6.52. The molecule has 3 saturated heterocycles. The second-order valence-electron chi connectivity index (χ2n) is 15.4. The van der Waals surface area contributed by atoms with Crippen LogP contribution in [-0.2, 0) is 32.7 Å². The number of rotatable bonds is 14. The van der Waals surface area contributed by atoms with Crippen molar-refractivity contribution in [3.05, 3.63) is 98.3 Å². The lowest BCUT2D eigenvalue weighted by molar-refractivity contribution is -0.167. The van der Waals surface area contributed by atoms with Gasteiger partial charge >= 0.3 is 5.97 Å². The number of aliphatic hydroxyl groups is 1. The summed E-state index contributed by atoms with van der Waals surface area (Å²) in [6, 6.07) is 17.7. The average Bonchev–Trinajstić information content (AvgIpc) is 3.20. The number of H-pyrrole nitrogens is 1. The number of fused-ring (bicyclic) bond motifs is 4. The normalized spacial score (nSPS) is 20.9. The number of phenolic OH excluding ortho intramolecular Hbond substituents is 1. The van der Waals surface area contributed by atoms with Gasteiger partial charge in [-0.2, -0.15) is 0 Å². The SMILES string of the molecule is COc1cc(NC(=O)CCCc2cccc(C3(C(=O)O[C@H]4CN5CCC4CC5)CCCCC3)c2)c(Cl)cc1CNCC(O)c1ccc(O)c2[nH]c(=O)ccc12. The highest BCUT2D eigenvalue weighted by atomic mass is 35.5. The van der Waals surface area contributed by atoms with Crippen molar-refractivity contribution in [3.63, 3.8) is 0 Å². The molecule has 1 unspecified atom stereocenters. The van der Waals surface area contributed by atoms with Crippen LogP contribution in [0.1, 0.15) is 86.1 Å². The van der Waals surface area contributed by atoms with Crippen LogP contribution >= 0.6 is 11.6 Å². The Morgan fingerprint density at radius 3 is 2.60 bits per heavy atom. The number of carbonyl (C=O) groups excluding carboxylic acids is 2. The molecular weight excluding hydrogens is 720 g/mol. The van der Waals surface area contributed by atoms with Gasteiger partial charge in [-0.3, -0.25) is 19.3 Å². The number of pyridine rings is 1. The van der Waals surface area contributed by atoms with Gasteiger partial charge in [-0.1, -0.05) is 61.2 Å². The Balaban J connectivity index is 0.929. The third kappa shape index (κ3) is 8.70. The topological polar surface area (TPSA) is 153 Å². The molecule has 4 aromatic rings. The zero-order valence-corrected chi connectivity index (χ0v) is 32.1. The Hall–Kier alpha value is -4.42. The summed E-state index contributed by atoms with van der Waals surface area (Å²) in [4.78, 5) is 43.9. The fourth-order valence-corrected chi connectivity index (χ4v) is 9.01. The number of carbonyl (C=O) groups is 2. The van der Waals surface area contributed by atoms with Crippen LogP contribution in [0.2, 0.25) is 5.02 Å². The lowest BCUT2D eigenvalue weighted by Crippen LogP contribution is -2.53. The Bertz CT molecular complexity index is 2070. The largest absolute Gasteiger partial charge is 0.506 e. The van der Waals surface area contributed by atoms with Crippen molar-refractivity contribution >= 4 is 40.1 Å². The number of aryl methyl sites for hydroxylation is 1. The number of halogens is 1. The van der Waals surface area contributed by atoms with E-state index in [9.17, 15) is 24.6 Å². The molecule has 4 fully saturated rings. The van der Waals surface area contributed by atoms with Crippen LogP contribution in [0, 0.1) is 5.92 Å². The van der Waals surface area contributed by atoms with Gasteiger partial charge in [0.15, 0.2) is 0 Å². The lowest BCUT2D eigenvalue weighted by atomic mass is 9.69. The molecule has 292 valence electrons. The van der Waals surface area contributed by atoms with E-state index >= 15 is 0 Å². The van der Waals surface area contributed by atoms with Crippen LogP contribution < -0.4 is 20.9 Å². The summed E-state index contributed by atoms with van der Waals surface area (Å²) in [5.41, 5.74) is 3.18. The van der Waals surface area contributed by atoms with Gasteiger partial charge in [0, 0.05) is 49.1 Å². The van der Waals surface area contributed by atoms with Gasteiger partial charge in [-0.15, -0.1) is 0 Å². The first-order valence-electron chi connectivity index (χ1n) is 19.6. The van der Waals surface area contributed by atoms with Crippen molar-refractivity contribution in [1.82, 2.24) is 15.2 Å². The van der Waals surface area contributed by atoms with Crippen LogP contribution in [0.15, 0.2) is 65.5 Å². The van der Waals surface area contributed by atoms with Crippen LogP contribution in [0.4, 0.5) is 5.69 Å². The fourth-order valence-electron chi connectivity index (χ4n) is 8.77. The molecule has 12 heteroatoms. The molecule has 2 bridgehead atoms. The molecule has 4 aliphatic rings. The van der Waals surface area contributed by atoms with E-state index in [1.54, 1.807) is 31.4 Å².